The fraction of sp³-hybridized carbons (Fsp3) is 0.545. The molecule has 0 radical (unpaired) electrons. The summed E-state index contributed by atoms with van der Waals surface area (Å²) in [5.74, 6) is -0.855. The molecule has 6 nitrogen and oxygen atoms in total. The first kappa shape index (κ1) is 12.9. The molecule has 0 aromatic carbocycles. The zero-order valence-corrected chi connectivity index (χ0v) is 10.9. The van der Waals surface area contributed by atoms with Crippen LogP contribution >= 0.6 is 11.8 Å². The number of amides is 1. The summed E-state index contributed by atoms with van der Waals surface area (Å²) < 4.78 is 1.99. The van der Waals surface area contributed by atoms with E-state index in [9.17, 15) is 9.59 Å². The monoisotopic (exact) mass is 269 g/mol. The number of aliphatic carboxylic acids is 1. The molecule has 2 rings (SSSR count). The molecule has 1 aliphatic rings. The van der Waals surface area contributed by atoms with E-state index in [1.165, 1.54) is 11.8 Å². The molecule has 0 spiro atoms. The second kappa shape index (κ2) is 5.43. The van der Waals surface area contributed by atoms with Crippen molar-refractivity contribution in [1.82, 2.24) is 14.9 Å². The first-order valence-electron chi connectivity index (χ1n) is 5.79. The van der Waals surface area contributed by atoms with Crippen LogP contribution in [0, 0.1) is 0 Å². The number of thioether (sulfide) groups is 1. The molecular weight excluding hydrogens is 254 g/mol. The number of aromatic nitrogens is 2. The van der Waals surface area contributed by atoms with Gasteiger partial charge in [-0.1, -0.05) is 18.7 Å². The number of carboxylic acids is 1. The van der Waals surface area contributed by atoms with Crippen LogP contribution in [0.25, 0.3) is 0 Å². The number of nitrogens with zero attached hydrogens (tertiary/aromatic N) is 2. The summed E-state index contributed by atoms with van der Waals surface area (Å²) in [4.78, 5) is 26.1. The molecule has 0 bridgehead atoms. The highest BCUT2D eigenvalue weighted by Gasteiger charge is 2.26. The average Bonchev–Trinajstić information content (AvgIpc) is 2.91. The highest BCUT2D eigenvalue weighted by atomic mass is 32.2. The number of rotatable bonds is 5. The maximum Gasteiger partial charge on any atom is 0.313 e. The van der Waals surface area contributed by atoms with Gasteiger partial charge in [-0.05, 0) is 6.42 Å². The summed E-state index contributed by atoms with van der Waals surface area (Å²) >= 11 is 1.19. The van der Waals surface area contributed by atoms with Gasteiger partial charge in [-0.25, -0.2) is 4.98 Å². The van der Waals surface area contributed by atoms with Gasteiger partial charge in [0.2, 0.25) is 5.91 Å². The fourth-order valence-electron chi connectivity index (χ4n) is 2.03. The lowest BCUT2D eigenvalue weighted by atomic mass is 10.2. The van der Waals surface area contributed by atoms with Crippen molar-refractivity contribution in [1.29, 1.82) is 0 Å². The summed E-state index contributed by atoms with van der Waals surface area (Å²) in [6.45, 7) is 2.60. The van der Waals surface area contributed by atoms with Crippen LogP contribution in [-0.4, -0.2) is 38.8 Å². The third-order valence-electron chi connectivity index (χ3n) is 2.85. The minimum Gasteiger partial charge on any atom is -0.481 e. The van der Waals surface area contributed by atoms with Gasteiger partial charge in [0.05, 0.1) is 11.8 Å². The van der Waals surface area contributed by atoms with E-state index in [2.05, 4.69) is 10.3 Å². The van der Waals surface area contributed by atoms with Crippen molar-refractivity contribution >= 4 is 23.6 Å². The molecule has 2 heterocycles. The Balaban J connectivity index is 2.22. The molecule has 1 aromatic rings. The van der Waals surface area contributed by atoms with Gasteiger partial charge in [-0.3, -0.25) is 9.59 Å². The Hall–Kier alpha value is -1.50. The first-order chi connectivity index (χ1) is 8.61. The molecule has 1 saturated heterocycles. The Morgan fingerprint density at radius 2 is 2.50 bits per heavy atom. The lowest BCUT2D eigenvalue weighted by molar-refractivity contribution is -0.134. The highest BCUT2D eigenvalue weighted by molar-refractivity contribution is 7.99. The van der Waals surface area contributed by atoms with Crippen molar-refractivity contribution in [3.05, 3.63) is 11.9 Å². The maximum absolute atomic E-state index is 11.3. The van der Waals surface area contributed by atoms with Gasteiger partial charge in [0.1, 0.15) is 0 Å². The lowest BCUT2D eigenvalue weighted by Crippen LogP contribution is -2.17. The van der Waals surface area contributed by atoms with Crippen LogP contribution < -0.4 is 5.32 Å². The smallest absolute Gasteiger partial charge is 0.313 e. The molecular formula is C11H15N3O3S. The zero-order valence-electron chi connectivity index (χ0n) is 10.0. The molecule has 0 aliphatic carbocycles. The second-order valence-corrected chi connectivity index (χ2v) is 5.04. The van der Waals surface area contributed by atoms with Crippen LogP contribution in [0.5, 0.6) is 0 Å². The Morgan fingerprint density at radius 1 is 1.72 bits per heavy atom. The Labute approximate surface area is 109 Å². The van der Waals surface area contributed by atoms with Crippen LogP contribution in [0.2, 0.25) is 0 Å². The molecule has 2 N–H and O–H groups in total. The average molecular weight is 269 g/mol. The van der Waals surface area contributed by atoms with Gasteiger partial charge >= 0.3 is 5.97 Å². The number of carboxylic acid groups (broad SMARTS) is 1. The van der Waals surface area contributed by atoms with Crippen molar-refractivity contribution in [2.45, 2.75) is 31.0 Å². The van der Waals surface area contributed by atoms with E-state index in [1.54, 1.807) is 6.20 Å². The molecule has 98 valence electrons. The molecule has 1 aliphatic heterocycles. The van der Waals surface area contributed by atoms with Crippen molar-refractivity contribution < 1.29 is 14.7 Å². The fourth-order valence-corrected chi connectivity index (χ4v) is 2.82. The van der Waals surface area contributed by atoms with Crippen molar-refractivity contribution in [3.63, 3.8) is 0 Å². The summed E-state index contributed by atoms with van der Waals surface area (Å²) in [6.07, 6.45) is 3.00. The van der Waals surface area contributed by atoms with Crippen LogP contribution in [0.1, 0.15) is 25.1 Å². The van der Waals surface area contributed by atoms with Gasteiger partial charge in [0.25, 0.3) is 0 Å². The molecule has 7 heteroatoms. The zero-order chi connectivity index (χ0) is 13.1. The standard InChI is InChI=1S/C11H15N3O3S/c1-2-7-4-13-11(18-6-10(16)17)14(7)8-3-9(15)12-5-8/h4,8H,2-3,5-6H2,1H3,(H,12,15)(H,16,17). The molecule has 1 unspecified atom stereocenters. The number of aryl methyl sites for hydroxylation is 1. The van der Waals surface area contributed by atoms with E-state index >= 15 is 0 Å². The van der Waals surface area contributed by atoms with Gasteiger partial charge in [0, 0.05) is 24.9 Å². The molecule has 1 atom stereocenters. The largest absolute Gasteiger partial charge is 0.481 e. The summed E-state index contributed by atoms with van der Waals surface area (Å²) in [5, 5.41) is 12.2. The maximum atomic E-state index is 11.3. The number of hydrogen-bond acceptors (Lipinski definition) is 4. The van der Waals surface area contributed by atoms with E-state index in [1.807, 2.05) is 11.5 Å². The van der Waals surface area contributed by atoms with Gasteiger partial charge in [0.15, 0.2) is 5.16 Å². The topological polar surface area (TPSA) is 84.2 Å². The van der Waals surface area contributed by atoms with Crippen LogP contribution in [-0.2, 0) is 16.0 Å². The summed E-state index contributed by atoms with van der Waals surface area (Å²) in [5.41, 5.74) is 1.03. The van der Waals surface area contributed by atoms with Gasteiger partial charge in [-0.2, -0.15) is 0 Å². The Bertz CT molecular complexity index is 472. The van der Waals surface area contributed by atoms with E-state index in [0.29, 0.717) is 18.1 Å². The molecule has 1 fully saturated rings. The number of imidazole rings is 1. The lowest BCUT2D eigenvalue weighted by Gasteiger charge is -2.15. The normalized spacial score (nSPS) is 18.9. The number of nitrogens with one attached hydrogen (secondary N) is 1. The summed E-state index contributed by atoms with van der Waals surface area (Å²) in [7, 11) is 0. The van der Waals surface area contributed by atoms with Crippen molar-refractivity contribution in [2.24, 2.45) is 0 Å². The van der Waals surface area contributed by atoms with Crippen molar-refractivity contribution in [3.8, 4) is 0 Å². The predicted molar refractivity (Wildman–Crippen MR) is 66.6 cm³/mol. The predicted octanol–water partition coefficient (Wildman–Crippen LogP) is 0.683. The Kier molecular flexibility index (Phi) is 3.90. The second-order valence-electron chi connectivity index (χ2n) is 4.10. The van der Waals surface area contributed by atoms with E-state index in [-0.39, 0.29) is 17.7 Å². The van der Waals surface area contributed by atoms with Crippen LogP contribution in [0.3, 0.4) is 0 Å². The van der Waals surface area contributed by atoms with Gasteiger partial charge in [-0.15, -0.1) is 0 Å². The van der Waals surface area contributed by atoms with E-state index in [0.717, 1.165) is 12.1 Å². The summed E-state index contributed by atoms with van der Waals surface area (Å²) in [6, 6.07) is 0.0474. The van der Waals surface area contributed by atoms with Crippen molar-refractivity contribution in [2.75, 3.05) is 12.3 Å². The molecule has 1 amide bonds. The van der Waals surface area contributed by atoms with E-state index < -0.39 is 5.97 Å². The first-order valence-corrected chi connectivity index (χ1v) is 6.77. The van der Waals surface area contributed by atoms with Crippen LogP contribution in [0.4, 0.5) is 0 Å². The SMILES string of the molecule is CCc1cnc(SCC(=O)O)n1C1CNC(=O)C1. The van der Waals surface area contributed by atoms with Crippen LogP contribution in [0.15, 0.2) is 11.4 Å². The minimum atomic E-state index is -0.867. The Morgan fingerprint density at radius 3 is 3.06 bits per heavy atom. The number of hydrogen-bond donors (Lipinski definition) is 2. The van der Waals surface area contributed by atoms with Gasteiger partial charge < -0.3 is 15.0 Å². The quantitative estimate of drug-likeness (QED) is 0.768. The third kappa shape index (κ3) is 2.66. The molecule has 1 aromatic heterocycles. The molecule has 18 heavy (non-hydrogen) atoms. The highest BCUT2D eigenvalue weighted by Crippen LogP contribution is 2.27. The van der Waals surface area contributed by atoms with E-state index in [4.69, 9.17) is 5.11 Å². The minimum absolute atomic E-state index is 0.0196. The third-order valence-corrected chi connectivity index (χ3v) is 3.80. The molecule has 0 saturated carbocycles. The number of carbonyl (C=O) groups is 2. The number of carbonyl (C=O) groups excluding carboxylic acids is 1.